The lowest BCUT2D eigenvalue weighted by molar-refractivity contribution is -0.0505. The number of aromatic nitrogens is 1. The number of ether oxygens (including phenoxy) is 1. The lowest BCUT2D eigenvalue weighted by Gasteiger charge is -2.32. The van der Waals surface area contributed by atoms with E-state index in [4.69, 9.17) is 9.15 Å². The first kappa shape index (κ1) is 21.7. The summed E-state index contributed by atoms with van der Waals surface area (Å²) in [5.74, 6) is -3.59. The molecule has 0 spiro atoms. The molecule has 1 amide bonds. The van der Waals surface area contributed by atoms with E-state index < -0.39 is 23.9 Å². The third kappa shape index (κ3) is 5.03. The van der Waals surface area contributed by atoms with E-state index in [1.807, 2.05) is 30.3 Å². The zero-order valence-electron chi connectivity index (χ0n) is 16.4. The second kappa shape index (κ2) is 8.90. The maximum Gasteiger partial charge on any atom is 0.408 e. The van der Waals surface area contributed by atoms with E-state index in [1.54, 1.807) is 6.07 Å². The molecule has 4 rings (SSSR count). The number of alkyl halides is 2. The fourth-order valence-corrected chi connectivity index (χ4v) is 4.08. The van der Waals surface area contributed by atoms with Crippen LogP contribution < -0.4 is 5.32 Å². The van der Waals surface area contributed by atoms with Crippen LogP contribution in [0.3, 0.4) is 0 Å². The van der Waals surface area contributed by atoms with Gasteiger partial charge in [-0.1, -0.05) is 30.3 Å². The first-order valence-corrected chi connectivity index (χ1v) is 10.7. The molecule has 31 heavy (non-hydrogen) atoms. The Balaban J connectivity index is 1.56. The van der Waals surface area contributed by atoms with E-state index in [0.717, 1.165) is 5.56 Å². The summed E-state index contributed by atoms with van der Waals surface area (Å²) < 4.78 is 53.0. The van der Waals surface area contributed by atoms with Gasteiger partial charge in [-0.3, -0.25) is 0 Å². The van der Waals surface area contributed by atoms with Crippen molar-refractivity contribution < 1.29 is 27.1 Å². The number of nitrogens with zero attached hydrogens (tertiary/aromatic N) is 1. The number of hydrogen-bond donors (Lipinski definition) is 1. The minimum atomic E-state index is -2.73. The van der Waals surface area contributed by atoms with Crippen molar-refractivity contribution in [2.24, 2.45) is 5.92 Å². The van der Waals surface area contributed by atoms with Gasteiger partial charge in [-0.2, -0.15) is 0 Å². The van der Waals surface area contributed by atoms with Gasteiger partial charge in [0.2, 0.25) is 11.8 Å². The van der Waals surface area contributed by atoms with E-state index in [2.05, 4.69) is 26.2 Å². The molecule has 1 heterocycles. The molecule has 0 aliphatic heterocycles. The molecule has 2 aromatic carbocycles. The fourth-order valence-electron chi connectivity index (χ4n) is 3.76. The Kier molecular flexibility index (Phi) is 6.22. The molecular formula is C22H20BrF3N2O3. The molecule has 1 aliphatic rings. The zero-order chi connectivity index (χ0) is 22.0. The number of carbonyl (C=O) groups is 1. The second-order valence-electron chi connectivity index (χ2n) is 7.64. The summed E-state index contributed by atoms with van der Waals surface area (Å²) in [6.07, 6.45) is -0.984. The number of nitrogens with one attached hydrogen (secondary N) is 1. The first-order chi connectivity index (χ1) is 14.8. The average Bonchev–Trinajstić information content (AvgIpc) is 3.19. The highest BCUT2D eigenvalue weighted by atomic mass is 79.9. The maximum absolute atomic E-state index is 14.4. The number of alkyl carbamates (subject to hydrolysis) is 1. The van der Waals surface area contributed by atoms with Crippen LogP contribution in [-0.4, -0.2) is 17.0 Å². The van der Waals surface area contributed by atoms with E-state index >= 15 is 0 Å². The Morgan fingerprint density at radius 2 is 1.94 bits per heavy atom. The molecule has 3 aromatic rings. The lowest BCUT2D eigenvalue weighted by atomic mass is 9.82. The van der Waals surface area contributed by atoms with Gasteiger partial charge in [-0.15, -0.1) is 0 Å². The van der Waals surface area contributed by atoms with Crippen LogP contribution in [0.5, 0.6) is 0 Å². The normalized spacial score (nSPS) is 17.4. The SMILES string of the molecule is O=C(NC(c1nc2c(F)c(Br)ccc2o1)C1CCC(F)(F)CC1)OCc1ccccc1. The minimum absolute atomic E-state index is 0.00923. The Morgan fingerprint density at radius 3 is 2.65 bits per heavy atom. The highest BCUT2D eigenvalue weighted by Gasteiger charge is 2.40. The maximum atomic E-state index is 14.4. The molecule has 0 saturated heterocycles. The Morgan fingerprint density at radius 1 is 1.23 bits per heavy atom. The van der Waals surface area contributed by atoms with Crippen LogP contribution in [0.15, 0.2) is 51.4 Å². The number of hydrogen-bond acceptors (Lipinski definition) is 4. The molecule has 1 saturated carbocycles. The smallest absolute Gasteiger partial charge is 0.408 e. The van der Waals surface area contributed by atoms with Crippen molar-refractivity contribution in [2.75, 3.05) is 0 Å². The summed E-state index contributed by atoms with van der Waals surface area (Å²) in [5, 5.41) is 2.70. The Labute approximate surface area is 185 Å². The molecule has 1 aliphatic carbocycles. The summed E-state index contributed by atoms with van der Waals surface area (Å²) in [6, 6.07) is 11.4. The highest BCUT2D eigenvalue weighted by molar-refractivity contribution is 9.10. The van der Waals surface area contributed by atoms with Crippen molar-refractivity contribution in [3.8, 4) is 0 Å². The third-order valence-corrected chi connectivity index (χ3v) is 6.07. The molecule has 1 aromatic heterocycles. The van der Waals surface area contributed by atoms with Gasteiger partial charge < -0.3 is 14.5 Å². The van der Waals surface area contributed by atoms with Crippen molar-refractivity contribution in [2.45, 2.75) is 44.3 Å². The molecule has 0 radical (unpaired) electrons. The standard InChI is InChI=1S/C22H20BrF3N2O3/c23-15-6-7-16-19(17(15)24)27-20(31-16)18(14-8-10-22(25,26)11-9-14)28-21(29)30-12-13-4-2-1-3-5-13/h1-7,14,18H,8-12H2,(H,28,29). The highest BCUT2D eigenvalue weighted by Crippen LogP contribution is 2.42. The van der Waals surface area contributed by atoms with Crippen LogP contribution in [-0.2, 0) is 11.3 Å². The van der Waals surface area contributed by atoms with Crippen LogP contribution in [0.2, 0.25) is 0 Å². The number of fused-ring (bicyclic) bond motifs is 1. The predicted molar refractivity (Wildman–Crippen MR) is 111 cm³/mol. The van der Waals surface area contributed by atoms with Crippen molar-refractivity contribution >= 4 is 33.1 Å². The van der Waals surface area contributed by atoms with E-state index in [0.29, 0.717) is 0 Å². The largest absolute Gasteiger partial charge is 0.445 e. The topological polar surface area (TPSA) is 64.4 Å². The van der Waals surface area contributed by atoms with Gasteiger partial charge in [-0.05, 0) is 52.4 Å². The summed E-state index contributed by atoms with van der Waals surface area (Å²) in [4.78, 5) is 16.7. The number of halogens is 4. The molecule has 0 bridgehead atoms. The Bertz CT molecular complexity index is 1060. The number of benzene rings is 2. The average molecular weight is 497 g/mol. The number of oxazole rings is 1. The van der Waals surface area contributed by atoms with Gasteiger partial charge >= 0.3 is 6.09 Å². The second-order valence-corrected chi connectivity index (χ2v) is 8.49. The van der Waals surface area contributed by atoms with Gasteiger partial charge in [0.25, 0.3) is 0 Å². The monoisotopic (exact) mass is 496 g/mol. The van der Waals surface area contributed by atoms with Crippen molar-refractivity contribution in [1.82, 2.24) is 10.3 Å². The summed E-state index contributed by atoms with van der Waals surface area (Å²) in [7, 11) is 0. The molecule has 9 heteroatoms. The van der Waals surface area contributed by atoms with Crippen LogP contribution >= 0.6 is 15.9 Å². The summed E-state index contributed by atoms with van der Waals surface area (Å²) in [5.41, 5.74) is 1.02. The van der Waals surface area contributed by atoms with Gasteiger partial charge in [0.15, 0.2) is 11.4 Å². The third-order valence-electron chi connectivity index (χ3n) is 5.45. The number of rotatable bonds is 5. The molecular weight excluding hydrogens is 477 g/mol. The van der Waals surface area contributed by atoms with Crippen molar-refractivity contribution in [3.05, 3.63) is 64.2 Å². The lowest BCUT2D eigenvalue weighted by Crippen LogP contribution is -2.37. The quantitative estimate of drug-likeness (QED) is 0.436. The minimum Gasteiger partial charge on any atom is -0.445 e. The zero-order valence-corrected chi connectivity index (χ0v) is 18.0. The first-order valence-electron chi connectivity index (χ1n) is 9.92. The molecule has 1 N–H and O–H groups in total. The molecule has 1 atom stereocenters. The van der Waals surface area contributed by atoms with Crippen LogP contribution in [0.25, 0.3) is 11.1 Å². The van der Waals surface area contributed by atoms with Crippen LogP contribution in [0, 0.1) is 11.7 Å². The van der Waals surface area contributed by atoms with Gasteiger partial charge in [-0.25, -0.2) is 22.9 Å². The van der Waals surface area contributed by atoms with Crippen LogP contribution in [0.1, 0.15) is 43.2 Å². The molecule has 1 unspecified atom stereocenters. The predicted octanol–water partition coefficient (Wildman–Crippen LogP) is 6.52. The molecule has 5 nitrogen and oxygen atoms in total. The van der Waals surface area contributed by atoms with Gasteiger partial charge in [0, 0.05) is 12.8 Å². The Hall–Kier alpha value is -2.55. The van der Waals surface area contributed by atoms with Gasteiger partial charge in [0.05, 0.1) is 4.47 Å². The number of amides is 1. The van der Waals surface area contributed by atoms with E-state index in [9.17, 15) is 18.0 Å². The van der Waals surface area contributed by atoms with Crippen molar-refractivity contribution in [1.29, 1.82) is 0 Å². The summed E-state index contributed by atoms with van der Waals surface area (Å²) >= 11 is 3.10. The molecule has 164 valence electrons. The summed E-state index contributed by atoms with van der Waals surface area (Å²) in [6.45, 7) is 0.0528. The van der Waals surface area contributed by atoms with Crippen molar-refractivity contribution in [3.63, 3.8) is 0 Å². The number of carbonyl (C=O) groups excluding carboxylic acids is 1. The van der Waals surface area contributed by atoms with Crippen LogP contribution in [0.4, 0.5) is 18.0 Å². The van der Waals surface area contributed by atoms with E-state index in [-0.39, 0.29) is 59.7 Å². The fraction of sp³-hybridized carbons (Fsp3) is 0.364. The van der Waals surface area contributed by atoms with Gasteiger partial charge in [0.1, 0.15) is 18.2 Å². The molecule has 1 fully saturated rings. The van der Waals surface area contributed by atoms with E-state index in [1.165, 1.54) is 6.07 Å².